The Morgan fingerprint density at radius 3 is 2.85 bits per heavy atom. The molecule has 0 bridgehead atoms. The molecule has 0 aliphatic rings. The van der Waals surface area contributed by atoms with Crippen molar-refractivity contribution in [3.8, 4) is 0 Å². The Morgan fingerprint density at radius 1 is 1.54 bits per heavy atom. The van der Waals surface area contributed by atoms with Gasteiger partial charge in [-0.1, -0.05) is 0 Å². The number of carbonyl (C=O) groups excluding carboxylic acids is 1. The molecule has 0 saturated heterocycles. The molecular weight excluding hydrogens is 166 g/mol. The molecule has 0 amide bonds. The Morgan fingerprint density at radius 2 is 2.31 bits per heavy atom. The van der Waals surface area contributed by atoms with Gasteiger partial charge in [-0.2, -0.15) is 0 Å². The summed E-state index contributed by atoms with van der Waals surface area (Å²) in [6.45, 7) is 0. The Bertz CT molecular complexity index is 306. The Labute approximate surface area is 76.9 Å². The first kappa shape index (κ1) is 9.38. The number of ketones is 1. The zero-order valence-electron chi connectivity index (χ0n) is 7.64. The predicted octanol–water partition coefficient (Wildman–Crippen LogP) is 0.735. The second-order valence-electron chi connectivity index (χ2n) is 2.74. The SMILES string of the molecule is CN(C)C=CC(=O)c1ccncn1. The molecule has 13 heavy (non-hydrogen) atoms. The number of carbonyl (C=O) groups is 1. The van der Waals surface area contributed by atoms with E-state index in [0.717, 1.165) is 0 Å². The summed E-state index contributed by atoms with van der Waals surface area (Å²) in [7, 11) is 3.70. The molecule has 0 radical (unpaired) electrons. The van der Waals surface area contributed by atoms with Gasteiger partial charge in [-0.3, -0.25) is 4.79 Å². The Kier molecular flexibility index (Phi) is 3.14. The Balaban J connectivity index is 2.70. The van der Waals surface area contributed by atoms with Crippen molar-refractivity contribution in [2.45, 2.75) is 0 Å². The van der Waals surface area contributed by atoms with E-state index in [9.17, 15) is 4.79 Å². The van der Waals surface area contributed by atoms with E-state index in [0.29, 0.717) is 5.69 Å². The molecule has 0 fully saturated rings. The van der Waals surface area contributed by atoms with Crippen LogP contribution >= 0.6 is 0 Å². The number of hydrogen-bond acceptors (Lipinski definition) is 4. The number of hydrogen-bond donors (Lipinski definition) is 0. The molecule has 4 heteroatoms. The maximum atomic E-state index is 11.3. The second-order valence-corrected chi connectivity index (χ2v) is 2.74. The molecule has 4 nitrogen and oxygen atoms in total. The van der Waals surface area contributed by atoms with E-state index in [1.165, 1.54) is 12.4 Å². The van der Waals surface area contributed by atoms with E-state index in [1.54, 1.807) is 23.4 Å². The molecule has 0 aliphatic carbocycles. The van der Waals surface area contributed by atoms with Crippen molar-refractivity contribution in [2.75, 3.05) is 14.1 Å². The first-order valence-electron chi connectivity index (χ1n) is 3.85. The lowest BCUT2D eigenvalue weighted by Gasteiger charge is -2.01. The average molecular weight is 177 g/mol. The quantitative estimate of drug-likeness (QED) is 0.504. The summed E-state index contributed by atoms with van der Waals surface area (Å²) in [4.78, 5) is 20.7. The molecule has 0 atom stereocenters. The lowest BCUT2D eigenvalue weighted by atomic mass is 10.3. The molecule has 1 rings (SSSR count). The molecule has 1 heterocycles. The van der Waals surface area contributed by atoms with E-state index >= 15 is 0 Å². The molecule has 0 aliphatic heterocycles. The van der Waals surface area contributed by atoms with Crippen LogP contribution in [0.1, 0.15) is 10.5 Å². The van der Waals surface area contributed by atoms with Crippen LogP contribution in [0.15, 0.2) is 30.9 Å². The maximum Gasteiger partial charge on any atom is 0.205 e. The topological polar surface area (TPSA) is 46.1 Å². The van der Waals surface area contributed by atoms with Gasteiger partial charge in [0, 0.05) is 32.6 Å². The smallest absolute Gasteiger partial charge is 0.205 e. The Hall–Kier alpha value is -1.71. The van der Waals surface area contributed by atoms with E-state index in [4.69, 9.17) is 0 Å². The highest BCUT2D eigenvalue weighted by Crippen LogP contribution is 1.94. The first-order chi connectivity index (χ1) is 6.20. The number of aromatic nitrogens is 2. The van der Waals surface area contributed by atoms with Crippen LogP contribution in [0.2, 0.25) is 0 Å². The van der Waals surface area contributed by atoms with Crippen molar-refractivity contribution in [3.05, 3.63) is 36.6 Å². The molecular formula is C9H11N3O. The standard InChI is InChI=1S/C9H11N3O/c1-12(2)6-4-9(13)8-3-5-10-7-11-8/h3-7H,1-2H3. The highest BCUT2D eigenvalue weighted by atomic mass is 16.1. The normalized spacial score (nSPS) is 10.3. The molecule has 1 aromatic heterocycles. The van der Waals surface area contributed by atoms with Crippen molar-refractivity contribution in [2.24, 2.45) is 0 Å². The maximum absolute atomic E-state index is 11.3. The molecule has 0 spiro atoms. The predicted molar refractivity (Wildman–Crippen MR) is 49.2 cm³/mol. The van der Waals surface area contributed by atoms with Crippen molar-refractivity contribution >= 4 is 5.78 Å². The van der Waals surface area contributed by atoms with E-state index in [-0.39, 0.29) is 5.78 Å². The van der Waals surface area contributed by atoms with Crippen LogP contribution < -0.4 is 0 Å². The van der Waals surface area contributed by atoms with Crippen molar-refractivity contribution in [1.82, 2.24) is 14.9 Å². The van der Waals surface area contributed by atoms with E-state index < -0.39 is 0 Å². The molecule has 1 aromatic rings. The van der Waals surface area contributed by atoms with Gasteiger partial charge in [-0.05, 0) is 6.07 Å². The zero-order chi connectivity index (χ0) is 9.68. The van der Waals surface area contributed by atoms with Crippen LogP contribution in [0.5, 0.6) is 0 Å². The first-order valence-corrected chi connectivity index (χ1v) is 3.85. The highest BCUT2D eigenvalue weighted by Gasteiger charge is 2.00. The summed E-state index contributed by atoms with van der Waals surface area (Å²) in [5, 5.41) is 0. The van der Waals surface area contributed by atoms with Crippen LogP contribution in [-0.2, 0) is 0 Å². The van der Waals surface area contributed by atoms with Crippen LogP contribution in [-0.4, -0.2) is 34.7 Å². The van der Waals surface area contributed by atoms with Gasteiger partial charge < -0.3 is 4.90 Å². The summed E-state index contributed by atoms with van der Waals surface area (Å²) >= 11 is 0. The van der Waals surface area contributed by atoms with Crippen molar-refractivity contribution in [3.63, 3.8) is 0 Å². The van der Waals surface area contributed by atoms with Crippen LogP contribution in [0.3, 0.4) is 0 Å². The largest absolute Gasteiger partial charge is 0.383 e. The minimum absolute atomic E-state index is 0.115. The molecule has 0 N–H and O–H groups in total. The van der Waals surface area contributed by atoms with Gasteiger partial charge in [0.2, 0.25) is 5.78 Å². The van der Waals surface area contributed by atoms with Gasteiger partial charge in [-0.15, -0.1) is 0 Å². The molecule has 0 saturated carbocycles. The lowest BCUT2D eigenvalue weighted by Crippen LogP contribution is -2.04. The zero-order valence-corrected chi connectivity index (χ0v) is 7.64. The van der Waals surface area contributed by atoms with E-state index in [2.05, 4.69) is 9.97 Å². The van der Waals surface area contributed by atoms with Crippen LogP contribution in [0, 0.1) is 0 Å². The number of nitrogens with zero attached hydrogens (tertiary/aromatic N) is 3. The van der Waals surface area contributed by atoms with Gasteiger partial charge in [0.1, 0.15) is 12.0 Å². The summed E-state index contributed by atoms with van der Waals surface area (Å²) in [5.41, 5.74) is 0.410. The van der Waals surface area contributed by atoms with Crippen molar-refractivity contribution < 1.29 is 4.79 Å². The molecule has 0 aromatic carbocycles. The fourth-order valence-electron chi connectivity index (χ4n) is 0.739. The van der Waals surface area contributed by atoms with Crippen molar-refractivity contribution in [1.29, 1.82) is 0 Å². The second kappa shape index (κ2) is 4.35. The minimum atomic E-state index is -0.115. The summed E-state index contributed by atoms with van der Waals surface area (Å²) in [6, 6.07) is 1.59. The third-order valence-electron chi connectivity index (χ3n) is 1.36. The number of rotatable bonds is 3. The fraction of sp³-hybridized carbons (Fsp3) is 0.222. The fourth-order valence-corrected chi connectivity index (χ4v) is 0.739. The summed E-state index contributed by atoms with van der Waals surface area (Å²) < 4.78 is 0. The van der Waals surface area contributed by atoms with Gasteiger partial charge >= 0.3 is 0 Å². The molecule has 68 valence electrons. The number of allylic oxidation sites excluding steroid dienone is 1. The van der Waals surface area contributed by atoms with Gasteiger partial charge in [0.15, 0.2) is 0 Å². The summed E-state index contributed by atoms with van der Waals surface area (Å²) in [5.74, 6) is -0.115. The third-order valence-corrected chi connectivity index (χ3v) is 1.36. The minimum Gasteiger partial charge on any atom is -0.383 e. The highest BCUT2D eigenvalue weighted by molar-refractivity contribution is 6.02. The van der Waals surface area contributed by atoms with Gasteiger partial charge in [0.25, 0.3) is 0 Å². The van der Waals surface area contributed by atoms with Crippen LogP contribution in [0.25, 0.3) is 0 Å². The lowest BCUT2D eigenvalue weighted by molar-refractivity contribution is 0.104. The molecule has 0 unspecified atom stereocenters. The van der Waals surface area contributed by atoms with Gasteiger partial charge in [0.05, 0.1) is 0 Å². The summed E-state index contributed by atoms with van der Waals surface area (Å²) in [6.07, 6.45) is 6.06. The third kappa shape index (κ3) is 3.02. The monoisotopic (exact) mass is 177 g/mol. The van der Waals surface area contributed by atoms with Crippen LogP contribution in [0.4, 0.5) is 0 Å². The van der Waals surface area contributed by atoms with Gasteiger partial charge in [-0.25, -0.2) is 9.97 Å². The van der Waals surface area contributed by atoms with E-state index in [1.807, 2.05) is 14.1 Å². The average Bonchev–Trinajstić information content (AvgIpc) is 2.15.